The van der Waals surface area contributed by atoms with E-state index >= 15 is 0 Å². The molecule has 106 valence electrons. The van der Waals surface area contributed by atoms with E-state index in [0.717, 1.165) is 25.1 Å². The van der Waals surface area contributed by atoms with Crippen LogP contribution < -0.4 is 0 Å². The highest BCUT2D eigenvalue weighted by Gasteiger charge is 2.41. The molecule has 1 aromatic heterocycles. The minimum absolute atomic E-state index is 0.0525. The number of aliphatic hydroxyl groups is 1. The summed E-state index contributed by atoms with van der Waals surface area (Å²) in [5, 5.41) is 14.9. The Morgan fingerprint density at radius 2 is 2.21 bits per heavy atom. The van der Waals surface area contributed by atoms with Crippen molar-refractivity contribution in [1.29, 1.82) is 0 Å². The molecule has 0 amide bonds. The van der Waals surface area contributed by atoms with Crippen LogP contribution in [-0.2, 0) is 11.8 Å². The molecule has 19 heavy (non-hydrogen) atoms. The van der Waals surface area contributed by atoms with Crippen LogP contribution in [-0.4, -0.2) is 27.1 Å². The van der Waals surface area contributed by atoms with Crippen molar-refractivity contribution in [1.82, 2.24) is 9.78 Å². The Labute approximate surface area is 114 Å². The largest absolute Gasteiger partial charge is 0.386 e. The van der Waals surface area contributed by atoms with Gasteiger partial charge in [-0.3, -0.25) is 4.68 Å². The Kier molecular flexibility index (Phi) is 3.63. The van der Waals surface area contributed by atoms with E-state index in [9.17, 15) is 5.11 Å². The van der Waals surface area contributed by atoms with Gasteiger partial charge in [-0.15, -0.1) is 0 Å². The molecule has 2 aliphatic rings. The van der Waals surface area contributed by atoms with Crippen molar-refractivity contribution in [3.63, 3.8) is 0 Å². The first-order chi connectivity index (χ1) is 9.19. The minimum Gasteiger partial charge on any atom is -0.386 e. The summed E-state index contributed by atoms with van der Waals surface area (Å²) in [5.41, 5.74) is 0.858. The van der Waals surface area contributed by atoms with Gasteiger partial charge in [-0.1, -0.05) is 19.3 Å². The summed E-state index contributed by atoms with van der Waals surface area (Å²) in [5.74, 6) is 0.293. The van der Waals surface area contributed by atoms with Gasteiger partial charge in [0.1, 0.15) is 6.10 Å². The standard InChI is InChI=1S/C15H24N2O2/c1-17-9-5-13(16-17)14(18)12-6-10-19-15(11-12)7-3-2-4-8-15/h5,9,12,14,18H,2-4,6-8,10-11H2,1H3. The average Bonchev–Trinajstić information content (AvgIpc) is 2.85. The second-order valence-corrected chi connectivity index (χ2v) is 6.20. The zero-order chi connectivity index (χ0) is 13.3. The fraction of sp³-hybridized carbons (Fsp3) is 0.800. The monoisotopic (exact) mass is 264 g/mol. The first-order valence-electron chi connectivity index (χ1n) is 7.50. The molecule has 1 N–H and O–H groups in total. The van der Waals surface area contributed by atoms with Crippen LogP contribution in [0.3, 0.4) is 0 Å². The molecular weight excluding hydrogens is 240 g/mol. The van der Waals surface area contributed by atoms with Crippen LogP contribution in [0.1, 0.15) is 56.7 Å². The lowest BCUT2D eigenvalue weighted by Crippen LogP contribution is -2.42. The van der Waals surface area contributed by atoms with Gasteiger partial charge in [0, 0.05) is 19.9 Å². The second kappa shape index (κ2) is 5.25. The summed E-state index contributed by atoms with van der Waals surface area (Å²) in [6, 6.07) is 1.92. The summed E-state index contributed by atoms with van der Waals surface area (Å²) in [6.45, 7) is 0.786. The molecule has 1 aromatic rings. The van der Waals surface area contributed by atoms with E-state index < -0.39 is 6.10 Å². The van der Waals surface area contributed by atoms with Crippen LogP contribution in [0, 0.1) is 5.92 Å². The van der Waals surface area contributed by atoms with Gasteiger partial charge in [-0.05, 0) is 37.7 Å². The van der Waals surface area contributed by atoms with E-state index in [1.165, 1.54) is 32.1 Å². The van der Waals surface area contributed by atoms with E-state index in [1.54, 1.807) is 4.68 Å². The fourth-order valence-electron chi connectivity index (χ4n) is 3.71. The number of hydrogen-bond acceptors (Lipinski definition) is 3. The zero-order valence-electron chi connectivity index (χ0n) is 11.7. The summed E-state index contributed by atoms with van der Waals surface area (Å²) in [6.07, 6.45) is 9.59. The molecule has 1 aliphatic carbocycles. The maximum atomic E-state index is 10.5. The second-order valence-electron chi connectivity index (χ2n) is 6.20. The van der Waals surface area contributed by atoms with E-state index in [1.807, 2.05) is 19.3 Å². The molecule has 1 spiro atoms. The quantitative estimate of drug-likeness (QED) is 0.893. The van der Waals surface area contributed by atoms with Gasteiger partial charge in [-0.2, -0.15) is 5.10 Å². The highest BCUT2D eigenvalue weighted by molar-refractivity contribution is 5.06. The van der Waals surface area contributed by atoms with Gasteiger partial charge in [0.2, 0.25) is 0 Å². The lowest BCUT2D eigenvalue weighted by atomic mass is 9.74. The van der Waals surface area contributed by atoms with Crippen molar-refractivity contribution >= 4 is 0 Å². The molecule has 0 bridgehead atoms. The lowest BCUT2D eigenvalue weighted by Gasteiger charge is -2.44. The topological polar surface area (TPSA) is 47.3 Å². The summed E-state index contributed by atoms with van der Waals surface area (Å²) in [7, 11) is 1.89. The van der Waals surface area contributed by atoms with Crippen molar-refractivity contribution in [2.24, 2.45) is 13.0 Å². The Morgan fingerprint density at radius 3 is 2.89 bits per heavy atom. The zero-order valence-corrected chi connectivity index (χ0v) is 11.7. The number of hydrogen-bond donors (Lipinski definition) is 1. The maximum Gasteiger partial charge on any atom is 0.101 e. The predicted molar refractivity (Wildman–Crippen MR) is 72.7 cm³/mol. The van der Waals surface area contributed by atoms with Gasteiger partial charge in [0.15, 0.2) is 0 Å². The summed E-state index contributed by atoms with van der Waals surface area (Å²) < 4.78 is 7.85. The Balaban J connectivity index is 1.70. The third-order valence-electron chi connectivity index (χ3n) is 4.78. The van der Waals surface area contributed by atoms with E-state index in [-0.39, 0.29) is 5.60 Å². The number of nitrogens with zero attached hydrogens (tertiary/aromatic N) is 2. The Morgan fingerprint density at radius 1 is 1.42 bits per heavy atom. The predicted octanol–water partition coefficient (Wildman–Crippen LogP) is 2.58. The van der Waals surface area contributed by atoms with Crippen LogP contribution in [0.4, 0.5) is 0 Å². The van der Waals surface area contributed by atoms with Gasteiger partial charge in [-0.25, -0.2) is 0 Å². The van der Waals surface area contributed by atoms with Gasteiger partial charge >= 0.3 is 0 Å². The van der Waals surface area contributed by atoms with Crippen molar-refractivity contribution in [2.75, 3.05) is 6.61 Å². The molecular formula is C15H24N2O2. The number of aliphatic hydroxyl groups excluding tert-OH is 1. The minimum atomic E-state index is -0.441. The molecule has 4 nitrogen and oxygen atoms in total. The molecule has 2 atom stereocenters. The third kappa shape index (κ3) is 2.70. The maximum absolute atomic E-state index is 10.5. The van der Waals surface area contributed by atoms with Gasteiger partial charge in [0.25, 0.3) is 0 Å². The van der Waals surface area contributed by atoms with Crippen molar-refractivity contribution in [3.05, 3.63) is 18.0 Å². The number of ether oxygens (including phenoxy) is 1. The molecule has 1 saturated carbocycles. The number of rotatable bonds is 2. The number of aryl methyl sites for hydroxylation is 1. The van der Waals surface area contributed by atoms with E-state index in [0.29, 0.717) is 5.92 Å². The molecule has 1 aliphatic heterocycles. The van der Waals surface area contributed by atoms with Crippen LogP contribution in [0.25, 0.3) is 0 Å². The summed E-state index contributed by atoms with van der Waals surface area (Å²) in [4.78, 5) is 0. The molecule has 3 rings (SSSR count). The van der Waals surface area contributed by atoms with E-state index in [4.69, 9.17) is 4.74 Å². The van der Waals surface area contributed by atoms with E-state index in [2.05, 4.69) is 5.10 Å². The molecule has 4 heteroatoms. The molecule has 0 aromatic carbocycles. The SMILES string of the molecule is Cn1ccc(C(O)C2CCOC3(CCCCC3)C2)n1. The third-order valence-corrected chi connectivity index (χ3v) is 4.78. The molecule has 2 heterocycles. The van der Waals surface area contributed by atoms with Crippen molar-refractivity contribution in [2.45, 2.75) is 56.7 Å². The molecule has 1 saturated heterocycles. The highest BCUT2D eigenvalue weighted by Crippen LogP contribution is 2.43. The number of aromatic nitrogens is 2. The molecule has 2 fully saturated rings. The summed E-state index contributed by atoms with van der Waals surface area (Å²) >= 11 is 0. The average molecular weight is 264 g/mol. The Hall–Kier alpha value is -0.870. The van der Waals surface area contributed by atoms with Crippen LogP contribution >= 0.6 is 0 Å². The van der Waals surface area contributed by atoms with Crippen LogP contribution in [0.2, 0.25) is 0 Å². The van der Waals surface area contributed by atoms with Crippen LogP contribution in [0.15, 0.2) is 12.3 Å². The fourth-order valence-corrected chi connectivity index (χ4v) is 3.71. The first-order valence-corrected chi connectivity index (χ1v) is 7.50. The van der Waals surface area contributed by atoms with Gasteiger partial charge < -0.3 is 9.84 Å². The molecule has 2 unspecified atom stereocenters. The normalized spacial score (nSPS) is 28.4. The smallest absolute Gasteiger partial charge is 0.101 e. The van der Waals surface area contributed by atoms with Crippen LogP contribution in [0.5, 0.6) is 0 Å². The first kappa shape index (κ1) is 13.1. The van der Waals surface area contributed by atoms with Crippen molar-refractivity contribution in [3.8, 4) is 0 Å². The van der Waals surface area contributed by atoms with Crippen molar-refractivity contribution < 1.29 is 9.84 Å². The highest BCUT2D eigenvalue weighted by atomic mass is 16.5. The Bertz CT molecular complexity index is 418. The van der Waals surface area contributed by atoms with Gasteiger partial charge in [0.05, 0.1) is 11.3 Å². The lowest BCUT2D eigenvalue weighted by molar-refractivity contribution is -0.134. The molecule has 0 radical (unpaired) electrons.